The van der Waals surface area contributed by atoms with Crippen LogP contribution >= 0.6 is 0 Å². The number of halogens is 2. The summed E-state index contributed by atoms with van der Waals surface area (Å²) in [5, 5.41) is 2.67. The molecule has 8 heteroatoms. The minimum absolute atomic E-state index is 0.0287. The summed E-state index contributed by atoms with van der Waals surface area (Å²) >= 11 is 0. The van der Waals surface area contributed by atoms with Gasteiger partial charge in [0.15, 0.2) is 0 Å². The molecule has 0 fully saturated rings. The third-order valence-electron chi connectivity index (χ3n) is 3.95. The summed E-state index contributed by atoms with van der Waals surface area (Å²) in [6.07, 6.45) is 0. The molecule has 1 heterocycles. The highest BCUT2D eigenvalue weighted by molar-refractivity contribution is 6.21. The van der Waals surface area contributed by atoms with Gasteiger partial charge >= 0.3 is 6.61 Å². The van der Waals surface area contributed by atoms with E-state index in [9.17, 15) is 23.2 Å². The quantitative estimate of drug-likeness (QED) is 0.831. The van der Waals surface area contributed by atoms with Crippen LogP contribution in [0.15, 0.2) is 42.5 Å². The summed E-state index contributed by atoms with van der Waals surface area (Å²) in [7, 11) is 1.38. The van der Waals surface area contributed by atoms with E-state index < -0.39 is 24.3 Å². The summed E-state index contributed by atoms with van der Waals surface area (Å²) in [5.41, 5.74) is 1.40. The summed E-state index contributed by atoms with van der Waals surface area (Å²) in [5.74, 6) is -1.24. The summed E-state index contributed by atoms with van der Waals surface area (Å²) in [4.78, 5) is 37.1. The van der Waals surface area contributed by atoms with Crippen molar-refractivity contribution in [3.8, 4) is 5.75 Å². The Labute approximate surface area is 147 Å². The number of fused-ring (bicyclic) bond motifs is 1. The van der Waals surface area contributed by atoms with E-state index in [1.807, 2.05) is 0 Å². The van der Waals surface area contributed by atoms with E-state index in [4.69, 9.17) is 0 Å². The predicted molar refractivity (Wildman–Crippen MR) is 87.1 cm³/mol. The number of benzene rings is 2. The van der Waals surface area contributed by atoms with E-state index in [1.165, 1.54) is 37.4 Å². The van der Waals surface area contributed by atoms with Crippen LogP contribution in [-0.4, -0.2) is 36.3 Å². The highest BCUT2D eigenvalue weighted by Gasteiger charge is 2.33. The van der Waals surface area contributed by atoms with Crippen LogP contribution in [0.3, 0.4) is 0 Å². The molecule has 1 N–H and O–H groups in total. The fraction of sp³-hybridized carbons (Fsp3) is 0.167. The highest BCUT2D eigenvalue weighted by atomic mass is 19.3. The highest BCUT2D eigenvalue weighted by Crippen LogP contribution is 2.22. The van der Waals surface area contributed by atoms with E-state index >= 15 is 0 Å². The number of hydrogen-bond donors (Lipinski definition) is 1. The molecule has 0 saturated heterocycles. The minimum Gasteiger partial charge on any atom is -0.435 e. The predicted octanol–water partition coefficient (Wildman–Crippen LogP) is 2.44. The van der Waals surface area contributed by atoms with E-state index in [0.717, 1.165) is 4.90 Å². The minimum atomic E-state index is -2.89. The van der Waals surface area contributed by atoms with Crippen LogP contribution in [0.25, 0.3) is 0 Å². The van der Waals surface area contributed by atoms with Crippen LogP contribution in [0.2, 0.25) is 0 Å². The molecule has 0 aromatic heterocycles. The maximum Gasteiger partial charge on any atom is 0.387 e. The molecule has 3 amide bonds. The Morgan fingerprint density at radius 1 is 1.08 bits per heavy atom. The van der Waals surface area contributed by atoms with Gasteiger partial charge in [0.05, 0.1) is 11.1 Å². The molecule has 1 aliphatic rings. The first kappa shape index (κ1) is 17.5. The van der Waals surface area contributed by atoms with Crippen molar-refractivity contribution in [2.75, 3.05) is 7.05 Å². The molecule has 0 bridgehead atoms. The van der Waals surface area contributed by atoms with Crippen LogP contribution in [0.5, 0.6) is 5.75 Å². The molecule has 2 aromatic carbocycles. The van der Waals surface area contributed by atoms with Gasteiger partial charge in [-0.05, 0) is 35.9 Å². The molecule has 134 valence electrons. The van der Waals surface area contributed by atoms with Gasteiger partial charge in [-0.3, -0.25) is 19.3 Å². The van der Waals surface area contributed by atoms with Crippen molar-refractivity contribution in [2.45, 2.75) is 13.2 Å². The van der Waals surface area contributed by atoms with Crippen LogP contribution in [0.4, 0.5) is 8.78 Å². The van der Waals surface area contributed by atoms with Crippen LogP contribution in [0.1, 0.15) is 36.6 Å². The second kappa shape index (κ2) is 6.91. The molecular formula is C18H14F2N2O4. The fourth-order valence-corrected chi connectivity index (χ4v) is 2.58. The topological polar surface area (TPSA) is 75.7 Å². The van der Waals surface area contributed by atoms with Crippen molar-refractivity contribution in [2.24, 2.45) is 0 Å². The molecule has 3 rings (SSSR count). The largest absolute Gasteiger partial charge is 0.435 e. The fourth-order valence-electron chi connectivity index (χ4n) is 2.58. The summed E-state index contributed by atoms with van der Waals surface area (Å²) < 4.78 is 28.5. The van der Waals surface area contributed by atoms with Gasteiger partial charge in [-0.25, -0.2) is 0 Å². The Morgan fingerprint density at radius 3 is 2.38 bits per heavy atom. The molecule has 0 atom stereocenters. The van der Waals surface area contributed by atoms with Gasteiger partial charge in [-0.1, -0.05) is 12.1 Å². The van der Waals surface area contributed by atoms with Crippen molar-refractivity contribution >= 4 is 17.7 Å². The van der Waals surface area contributed by atoms with Gasteiger partial charge in [0.2, 0.25) is 0 Å². The van der Waals surface area contributed by atoms with Gasteiger partial charge in [-0.2, -0.15) is 8.78 Å². The summed E-state index contributed by atoms with van der Waals surface area (Å²) in [6.45, 7) is -2.73. The number of imide groups is 1. The van der Waals surface area contributed by atoms with Crippen molar-refractivity contribution in [3.63, 3.8) is 0 Å². The van der Waals surface area contributed by atoms with Crippen molar-refractivity contribution < 1.29 is 27.9 Å². The normalized spacial score (nSPS) is 13.2. The Morgan fingerprint density at radius 2 is 1.73 bits per heavy atom. The Kier molecular flexibility index (Phi) is 4.66. The molecule has 0 unspecified atom stereocenters. The molecular weight excluding hydrogens is 346 g/mol. The molecule has 0 radical (unpaired) electrons. The monoisotopic (exact) mass is 360 g/mol. The molecule has 0 saturated carbocycles. The molecule has 26 heavy (non-hydrogen) atoms. The molecule has 2 aromatic rings. The van der Waals surface area contributed by atoms with Gasteiger partial charge in [-0.15, -0.1) is 0 Å². The van der Waals surface area contributed by atoms with Crippen molar-refractivity contribution in [1.82, 2.24) is 10.2 Å². The number of hydrogen-bond acceptors (Lipinski definition) is 4. The van der Waals surface area contributed by atoms with E-state index in [1.54, 1.807) is 12.1 Å². The Bertz CT molecular complexity index is 881. The zero-order chi connectivity index (χ0) is 18.8. The second-order valence-corrected chi connectivity index (χ2v) is 5.63. The molecule has 1 aliphatic heterocycles. The molecule has 0 spiro atoms. The van der Waals surface area contributed by atoms with E-state index in [2.05, 4.69) is 10.1 Å². The Balaban J connectivity index is 1.66. The number of nitrogens with zero attached hydrogens (tertiary/aromatic N) is 1. The van der Waals surface area contributed by atoms with Gasteiger partial charge in [0.1, 0.15) is 5.75 Å². The number of carbonyl (C=O) groups is 3. The number of nitrogens with one attached hydrogen (secondary N) is 1. The lowest BCUT2D eigenvalue weighted by Gasteiger charge is -2.08. The van der Waals surface area contributed by atoms with Gasteiger partial charge in [0.25, 0.3) is 17.7 Å². The lowest BCUT2D eigenvalue weighted by Crippen LogP contribution is -2.24. The maximum absolute atomic E-state index is 12.3. The summed E-state index contributed by atoms with van der Waals surface area (Å²) in [6, 6.07) is 10.2. The number of ether oxygens (including phenoxy) is 1. The van der Waals surface area contributed by atoms with Crippen molar-refractivity contribution in [1.29, 1.82) is 0 Å². The SMILES string of the molecule is CN1C(=O)c2ccc(C(=O)NCc3ccc(OC(F)F)cc3)cc2C1=O. The molecule has 0 aliphatic carbocycles. The Hall–Kier alpha value is -3.29. The molecule has 6 nitrogen and oxygen atoms in total. The van der Waals surface area contributed by atoms with E-state index in [0.29, 0.717) is 5.56 Å². The first-order valence-corrected chi connectivity index (χ1v) is 7.65. The maximum atomic E-state index is 12.3. The van der Waals surface area contributed by atoms with Crippen LogP contribution < -0.4 is 10.1 Å². The smallest absolute Gasteiger partial charge is 0.387 e. The number of alkyl halides is 2. The third-order valence-corrected chi connectivity index (χ3v) is 3.95. The average molecular weight is 360 g/mol. The van der Waals surface area contributed by atoms with Crippen molar-refractivity contribution in [3.05, 3.63) is 64.7 Å². The number of rotatable bonds is 5. The number of carbonyl (C=O) groups excluding carboxylic acids is 3. The standard InChI is InChI=1S/C18H14F2N2O4/c1-22-16(24)13-7-4-11(8-14(13)17(22)25)15(23)21-9-10-2-5-12(6-3-10)26-18(19)20/h2-8,18H,9H2,1H3,(H,21,23). The zero-order valence-corrected chi connectivity index (χ0v) is 13.7. The lowest BCUT2D eigenvalue weighted by molar-refractivity contribution is -0.0498. The van der Waals surface area contributed by atoms with Crippen LogP contribution in [-0.2, 0) is 6.54 Å². The van der Waals surface area contributed by atoms with Crippen LogP contribution in [0, 0.1) is 0 Å². The average Bonchev–Trinajstić information content (AvgIpc) is 2.84. The van der Waals surface area contributed by atoms with Gasteiger partial charge < -0.3 is 10.1 Å². The third kappa shape index (κ3) is 3.39. The lowest BCUT2D eigenvalue weighted by atomic mass is 10.1. The second-order valence-electron chi connectivity index (χ2n) is 5.63. The van der Waals surface area contributed by atoms with E-state index in [-0.39, 0.29) is 29.0 Å². The number of amides is 3. The first-order chi connectivity index (χ1) is 12.4. The first-order valence-electron chi connectivity index (χ1n) is 7.65. The van der Waals surface area contributed by atoms with Gasteiger partial charge in [0, 0.05) is 19.2 Å². The zero-order valence-electron chi connectivity index (χ0n) is 13.7.